The van der Waals surface area contributed by atoms with Gasteiger partial charge in [0.15, 0.2) is 0 Å². The van der Waals surface area contributed by atoms with Gasteiger partial charge < -0.3 is 15.7 Å². The van der Waals surface area contributed by atoms with Crippen LogP contribution in [0.1, 0.15) is 19.3 Å². The molecule has 6 heteroatoms. The lowest BCUT2D eigenvalue weighted by Gasteiger charge is -2.36. The van der Waals surface area contributed by atoms with E-state index in [0.29, 0.717) is 15.7 Å². The molecule has 2 rings (SSSR count). The zero-order chi connectivity index (χ0) is 13.2. The van der Waals surface area contributed by atoms with E-state index in [1.165, 1.54) is 0 Å². The molecule has 4 nitrogen and oxygen atoms in total. The highest BCUT2D eigenvalue weighted by Gasteiger charge is 2.34. The molecule has 0 aromatic heterocycles. The Morgan fingerprint density at radius 1 is 1.28 bits per heavy atom. The standard InChI is InChI=1S/C12H14Cl2N2O2/c13-8-4-9(14)6-10(5-8)16-11(17)15-7-12(18)2-1-3-12/h4-6,18H,1-3,7H2,(H2,15,16,17). The number of carbonyl (C=O) groups excluding carboxylic acids is 1. The van der Waals surface area contributed by atoms with E-state index in [0.717, 1.165) is 19.3 Å². The van der Waals surface area contributed by atoms with Crippen molar-refractivity contribution < 1.29 is 9.90 Å². The predicted octanol–water partition coefficient (Wildman–Crippen LogP) is 3.03. The number of halogens is 2. The third-order valence-electron chi connectivity index (χ3n) is 2.98. The number of aliphatic hydroxyl groups is 1. The largest absolute Gasteiger partial charge is 0.388 e. The van der Waals surface area contributed by atoms with Gasteiger partial charge >= 0.3 is 6.03 Å². The summed E-state index contributed by atoms with van der Waals surface area (Å²) < 4.78 is 0. The van der Waals surface area contributed by atoms with Gasteiger partial charge in [-0.3, -0.25) is 0 Å². The third kappa shape index (κ3) is 3.51. The van der Waals surface area contributed by atoms with Gasteiger partial charge in [-0.25, -0.2) is 4.79 Å². The Morgan fingerprint density at radius 2 is 1.89 bits per heavy atom. The zero-order valence-electron chi connectivity index (χ0n) is 9.67. The first kappa shape index (κ1) is 13.5. The second kappa shape index (κ2) is 5.34. The smallest absolute Gasteiger partial charge is 0.319 e. The van der Waals surface area contributed by atoms with E-state index in [1.54, 1.807) is 18.2 Å². The Morgan fingerprint density at radius 3 is 2.39 bits per heavy atom. The van der Waals surface area contributed by atoms with Crippen molar-refractivity contribution in [3.63, 3.8) is 0 Å². The molecule has 1 saturated carbocycles. The fourth-order valence-electron chi connectivity index (χ4n) is 1.81. The molecule has 1 aromatic carbocycles. The normalized spacial score (nSPS) is 16.8. The minimum absolute atomic E-state index is 0.257. The minimum atomic E-state index is -0.733. The topological polar surface area (TPSA) is 61.4 Å². The maximum atomic E-state index is 11.6. The van der Waals surface area contributed by atoms with Crippen molar-refractivity contribution in [1.82, 2.24) is 5.32 Å². The summed E-state index contributed by atoms with van der Waals surface area (Å²) in [5.41, 5.74) is -0.214. The van der Waals surface area contributed by atoms with Crippen LogP contribution >= 0.6 is 23.2 Å². The molecule has 3 N–H and O–H groups in total. The number of rotatable bonds is 3. The molecular formula is C12H14Cl2N2O2. The van der Waals surface area contributed by atoms with Crippen LogP contribution in [0.2, 0.25) is 10.0 Å². The van der Waals surface area contributed by atoms with E-state index in [-0.39, 0.29) is 12.6 Å². The van der Waals surface area contributed by atoms with Gasteiger partial charge in [0.05, 0.1) is 5.60 Å². The molecule has 0 bridgehead atoms. The molecule has 0 aliphatic heterocycles. The van der Waals surface area contributed by atoms with E-state index < -0.39 is 5.60 Å². The highest BCUT2D eigenvalue weighted by molar-refractivity contribution is 6.35. The molecule has 1 aromatic rings. The van der Waals surface area contributed by atoms with Crippen LogP contribution in [-0.4, -0.2) is 23.3 Å². The van der Waals surface area contributed by atoms with Crippen LogP contribution in [0.15, 0.2) is 18.2 Å². The first-order valence-corrected chi connectivity index (χ1v) is 6.46. The summed E-state index contributed by atoms with van der Waals surface area (Å²) in [6.07, 6.45) is 2.47. The van der Waals surface area contributed by atoms with Crippen LogP contribution in [0, 0.1) is 0 Å². The number of anilines is 1. The van der Waals surface area contributed by atoms with Crippen LogP contribution in [0.4, 0.5) is 10.5 Å². The second-order valence-corrected chi connectivity index (χ2v) is 5.42. The monoisotopic (exact) mass is 288 g/mol. The van der Waals surface area contributed by atoms with E-state index in [9.17, 15) is 9.90 Å². The van der Waals surface area contributed by atoms with Gasteiger partial charge in [0, 0.05) is 22.3 Å². The quantitative estimate of drug-likeness (QED) is 0.801. The van der Waals surface area contributed by atoms with Crippen molar-refractivity contribution in [2.45, 2.75) is 24.9 Å². The molecule has 0 radical (unpaired) electrons. The molecule has 1 fully saturated rings. The second-order valence-electron chi connectivity index (χ2n) is 4.54. The van der Waals surface area contributed by atoms with Crippen molar-refractivity contribution in [1.29, 1.82) is 0 Å². The number of nitrogens with one attached hydrogen (secondary N) is 2. The SMILES string of the molecule is O=C(NCC1(O)CCC1)Nc1cc(Cl)cc(Cl)c1. The van der Waals surface area contributed by atoms with Gasteiger partial charge in [-0.1, -0.05) is 23.2 Å². The average molecular weight is 289 g/mol. The van der Waals surface area contributed by atoms with E-state index in [2.05, 4.69) is 10.6 Å². The maximum Gasteiger partial charge on any atom is 0.319 e. The summed E-state index contributed by atoms with van der Waals surface area (Å²) in [4.78, 5) is 11.6. The molecule has 0 spiro atoms. The highest BCUT2D eigenvalue weighted by atomic mass is 35.5. The van der Waals surface area contributed by atoms with Gasteiger partial charge in [-0.15, -0.1) is 0 Å². The lowest BCUT2D eigenvalue weighted by molar-refractivity contribution is -0.0287. The Kier molecular flexibility index (Phi) is 4.00. The molecule has 1 aliphatic carbocycles. The lowest BCUT2D eigenvalue weighted by Crippen LogP contribution is -2.48. The molecule has 1 aliphatic rings. The number of hydrogen-bond acceptors (Lipinski definition) is 2. The molecule has 0 atom stereocenters. The average Bonchev–Trinajstić information content (AvgIpc) is 2.22. The number of benzene rings is 1. The Bertz CT molecular complexity index is 441. The predicted molar refractivity (Wildman–Crippen MR) is 72.3 cm³/mol. The van der Waals surface area contributed by atoms with Gasteiger partial charge in [-0.05, 0) is 37.5 Å². The summed E-state index contributed by atoms with van der Waals surface area (Å²) in [5.74, 6) is 0. The fourth-order valence-corrected chi connectivity index (χ4v) is 2.33. The molecule has 18 heavy (non-hydrogen) atoms. The van der Waals surface area contributed by atoms with Gasteiger partial charge in [0.1, 0.15) is 0 Å². The number of amides is 2. The van der Waals surface area contributed by atoms with Gasteiger partial charge in [0.25, 0.3) is 0 Å². The van der Waals surface area contributed by atoms with E-state index in [4.69, 9.17) is 23.2 Å². The summed E-state index contributed by atoms with van der Waals surface area (Å²) in [6, 6.07) is 4.41. The summed E-state index contributed by atoms with van der Waals surface area (Å²) in [7, 11) is 0. The summed E-state index contributed by atoms with van der Waals surface area (Å²) in [6.45, 7) is 0.257. The van der Waals surface area contributed by atoms with Crippen LogP contribution in [0.5, 0.6) is 0 Å². The Labute approximate surface area is 115 Å². The fraction of sp³-hybridized carbons (Fsp3) is 0.417. The first-order chi connectivity index (χ1) is 8.47. The number of carbonyl (C=O) groups is 1. The van der Waals surface area contributed by atoms with Crippen molar-refractivity contribution >= 4 is 34.9 Å². The minimum Gasteiger partial charge on any atom is -0.388 e. The highest BCUT2D eigenvalue weighted by Crippen LogP contribution is 2.30. The van der Waals surface area contributed by atoms with Crippen molar-refractivity contribution in [2.75, 3.05) is 11.9 Å². The molecule has 2 amide bonds. The third-order valence-corrected chi connectivity index (χ3v) is 3.42. The van der Waals surface area contributed by atoms with Gasteiger partial charge in [0.2, 0.25) is 0 Å². The Hall–Kier alpha value is -0.970. The zero-order valence-corrected chi connectivity index (χ0v) is 11.2. The molecule has 0 unspecified atom stereocenters. The maximum absolute atomic E-state index is 11.6. The van der Waals surface area contributed by atoms with Crippen LogP contribution in [-0.2, 0) is 0 Å². The van der Waals surface area contributed by atoms with Crippen molar-refractivity contribution in [2.24, 2.45) is 0 Å². The molecule has 0 saturated heterocycles. The van der Waals surface area contributed by atoms with E-state index in [1.807, 2.05) is 0 Å². The van der Waals surface area contributed by atoms with Gasteiger partial charge in [-0.2, -0.15) is 0 Å². The molecule has 0 heterocycles. The summed E-state index contributed by atoms with van der Waals surface area (Å²) >= 11 is 11.6. The van der Waals surface area contributed by atoms with Crippen LogP contribution < -0.4 is 10.6 Å². The molecule has 98 valence electrons. The van der Waals surface area contributed by atoms with Crippen molar-refractivity contribution in [3.8, 4) is 0 Å². The number of hydrogen-bond donors (Lipinski definition) is 3. The van der Waals surface area contributed by atoms with E-state index >= 15 is 0 Å². The summed E-state index contributed by atoms with van der Waals surface area (Å²) in [5, 5.41) is 16.0. The van der Waals surface area contributed by atoms with Crippen LogP contribution in [0.3, 0.4) is 0 Å². The lowest BCUT2D eigenvalue weighted by atomic mass is 9.80. The van der Waals surface area contributed by atoms with Crippen LogP contribution in [0.25, 0.3) is 0 Å². The van der Waals surface area contributed by atoms with Crippen molar-refractivity contribution in [3.05, 3.63) is 28.2 Å². The first-order valence-electron chi connectivity index (χ1n) is 5.70. The Balaban J connectivity index is 1.86. The number of urea groups is 1. The molecular weight excluding hydrogens is 275 g/mol.